The molecule has 4 unspecified atom stereocenters. The quantitative estimate of drug-likeness (QED) is 0.662. The normalized spacial score (nSPS) is 30.6. The lowest BCUT2D eigenvalue weighted by molar-refractivity contribution is -0.131. The molecule has 5 heteroatoms. The van der Waals surface area contributed by atoms with Crippen molar-refractivity contribution in [3.63, 3.8) is 0 Å². The molecule has 156 valence electrons. The van der Waals surface area contributed by atoms with Crippen LogP contribution in [0.3, 0.4) is 0 Å². The molecule has 2 aliphatic heterocycles. The van der Waals surface area contributed by atoms with Gasteiger partial charge in [0.2, 0.25) is 0 Å². The van der Waals surface area contributed by atoms with Gasteiger partial charge < -0.3 is 4.74 Å². The molecule has 2 saturated heterocycles. The van der Waals surface area contributed by atoms with Crippen molar-refractivity contribution in [3.8, 4) is 0 Å². The van der Waals surface area contributed by atoms with Gasteiger partial charge in [0.05, 0.1) is 19.4 Å². The van der Waals surface area contributed by atoms with Gasteiger partial charge in [-0.3, -0.25) is 15.0 Å². The minimum atomic E-state index is 0.157. The molecule has 3 fully saturated rings. The van der Waals surface area contributed by atoms with Gasteiger partial charge in [0.25, 0.3) is 0 Å². The number of thiophene rings is 1. The fraction of sp³-hybridized carbons (Fsp3) is 0.480. The number of carbonyl (C=O) groups is 1. The van der Waals surface area contributed by atoms with Crippen molar-refractivity contribution in [3.05, 3.63) is 48.0 Å². The Morgan fingerprint density at radius 3 is 2.67 bits per heavy atom. The molecule has 0 spiro atoms. The van der Waals surface area contributed by atoms with E-state index in [0.717, 1.165) is 45.6 Å². The number of nitrogens with zero attached hydrogens (tertiary/aromatic N) is 1. The van der Waals surface area contributed by atoms with Crippen molar-refractivity contribution in [2.24, 2.45) is 5.92 Å². The average molecular weight is 421 g/mol. The van der Waals surface area contributed by atoms with Gasteiger partial charge in [-0.05, 0) is 24.5 Å². The molecule has 0 amide bonds. The van der Waals surface area contributed by atoms with Crippen LogP contribution in [0.25, 0.3) is 20.2 Å². The second-order valence-corrected chi connectivity index (χ2v) is 10.0. The van der Waals surface area contributed by atoms with E-state index in [1.165, 1.54) is 25.7 Å². The molecule has 2 aromatic carbocycles. The first-order valence-corrected chi connectivity index (χ1v) is 12.1. The maximum absolute atomic E-state index is 13.2. The Balaban J connectivity index is 1.39. The van der Waals surface area contributed by atoms with E-state index in [-0.39, 0.29) is 18.1 Å². The van der Waals surface area contributed by atoms with Crippen LogP contribution in [0, 0.1) is 5.92 Å². The van der Waals surface area contributed by atoms with Crippen LogP contribution in [-0.4, -0.2) is 49.2 Å². The Bertz CT molecular complexity index is 1090. The summed E-state index contributed by atoms with van der Waals surface area (Å²) >= 11 is 1.91. The van der Waals surface area contributed by atoms with Crippen LogP contribution in [0.15, 0.2) is 42.5 Å². The first-order valence-electron chi connectivity index (χ1n) is 11.3. The number of hydrogen-bond donors (Lipinski definition) is 1. The van der Waals surface area contributed by atoms with E-state index < -0.39 is 0 Å². The summed E-state index contributed by atoms with van der Waals surface area (Å²) in [5, 5.41) is 6.67. The molecule has 0 bridgehead atoms. The predicted octanol–water partition coefficient (Wildman–Crippen LogP) is 4.53. The second-order valence-electron chi connectivity index (χ2n) is 8.99. The maximum Gasteiger partial charge on any atom is 0.140 e. The smallest absolute Gasteiger partial charge is 0.140 e. The Hall–Kier alpha value is -1.79. The number of morpholine rings is 1. The molecule has 1 saturated carbocycles. The minimum absolute atomic E-state index is 0.157. The van der Waals surface area contributed by atoms with Crippen LogP contribution in [0.4, 0.5) is 0 Å². The number of benzene rings is 2. The lowest BCUT2D eigenvalue weighted by Crippen LogP contribution is -2.62. The third-order valence-electron chi connectivity index (χ3n) is 7.41. The monoisotopic (exact) mass is 420 g/mol. The van der Waals surface area contributed by atoms with Crippen LogP contribution >= 0.6 is 11.3 Å². The minimum Gasteiger partial charge on any atom is -0.379 e. The number of hydrogen-bond acceptors (Lipinski definition) is 5. The van der Waals surface area contributed by atoms with Crippen molar-refractivity contribution in [1.29, 1.82) is 0 Å². The third-order valence-corrected chi connectivity index (χ3v) is 8.65. The van der Waals surface area contributed by atoms with Crippen molar-refractivity contribution in [2.45, 2.75) is 43.8 Å². The van der Waals surface area contributed by atoms with E-state index in [0.29, 0.717) is 18.1 Å². The number of ketones is 1. The van der Waals surface area contributed by atoms with E-state index in [1.807, 2.05) is 11.3 Å². The topological polar surface area (TPSA) is 41.6 Å². The summed E-state index contributed by atoms with van der Waals surface area (Å²) in [6.07, 6.45) is 4.13. The van der Waals surface area contributed by atoms with Gasteiger partial charge in [-0.1, -0.05) is 42.8 Å². The SMILES string of the molecule is O=C1CC(N2CCOCC2)NC2C1CCCC2c1cccc2c1sc1ccccc12. The van der Waals surface area contributed by atoms with Gasteiger partial charge in [0.1, 0.15) is 5.78 Å². The molecule has 30 heavy (non-hydrogen) atoms. The molecule has 1 aromatic heterocycles. The molecular weight excluding hydrogens is 392 g/mol. The summed E-state index contributed by atoms with van der Waals surface area (Å²) in [4.78, 5) is 15.6. The summed E-state index contributed by atoms with van der Waals surface area (Å²) in [5.41, 5.74) is 1.44. The molecule has 1 N–H and O–H groups in total. The summed E-state index contributed by atoms with van der Waals surface area (Å²) in [6, 6.07) is 15.7. The zero-order valence-electron chi connectivity index (χ0n) is 17.2. The lowest BCUT2D eigenvalue weighted by Gasteiger charge is -2.47. The summed E-state index contributed by atoms with van der Waals surface area (Å²) in [7, 11) is 0. The van der Waals surface area contributed by atoms with Gasteiger partial charge >= 0.3 is 0 Å². The number of Topliss-reactive ketones (excluding diaryl/α,β-unsaturated/α-hetero) is 1. The highest BCUT2D eigenvalue weighted by atomic mass is 32.1. The van der Waals surface area contributed by atoms with Crippen LogP contribution in [0.5, 0.6) is 0 Å². The zero-order valence-corrected chi connectivity index (χ0v) is 18.0. The molecule has 0 radical (unpaired) electrons. The van der Waals surface area contributed by atoms with Crippen LogP contribution < -0.4 is 5.32 Å². The van der Waals surface area contributed by atoms with Gasteiger partial charge in [0.15, 0.2) is 0 Å². The van der Waals surface area contributed by atoms with Gasteiger partial charge in [-0.2, -0.15) is 0 Å². The van der Waals surface area contributed by atoms with Crippen molar-refractivity contribution in [2.75, 3.05) is 26.3 Å². The highest BCUT2D eigenvalue weighted by molar-refractivity contribution is 7.26. The molecule has 1 aliphatic carbocycles. The van der Waals surface area contributed by atoms with E-state index >= 15 is 0 Å². The van der Waals surface area contributed by atoms with E-state index in [2.05, 4.69) is 52.7 Å². The van der Waals surface area contributed by atoms with Crippen LogP contribution in [-0.2, 0) is 9.53 Å². The first kappa shape index (κ1) is 18.9. The third kappa shape index (κ3) is 3.11. The molecule has 3 aliphatic rings. The number of ether oxygens (including phenoxy) is 1. The Morgan fingerprint density at radius 2 is 1.77 bits per heavy atom. The number of rotatable bonds is 2. The van der Waals surface area contributed by atoms with E-state index in [9.17, 15) is 4.79 Å². The molecule has 6 rings (SSSR count). The fourth-order valence-corrected chi connectivity index (χ4v) is 7.23. The van der Waals surface area contributed by atoms with Gasteiger partial charge in [-0.25, -0.2) is 0 Å². The molecule has 4 nitrogen and oxygen atoms in total. The van der Waals surface area contributed by atoms with Gasteiger partial charge in [-0.15, -0.1) is 11.3 Å². The summed E-state index contributed by atoms with van der Waals surface area (Å²) < 4.78 is 8.30. The lowest BCUT2D eigenvalue weighted by atomic mass is 9.69. The number of carbonyl (C=O) groups excluding carboxylic acids is 1. The Morgan fingerprint density at radius 1 is 0.967 bits per heavy atom. The zero-order chi connectivity index (χ0) is 20.1. The fourth-order valence-electron chi connectivity index (χ4n) is 5.95. The van der Waals surface area contributed by atoms with E-state index in [1.54, 1.807) is 0 Å². The molecular formula is C25H28N2O2S. The Labute approximate surface area is 181 Å². The molecule has 4 atom stereocenters. The number of fused-ring (bicyclic) bond motifs is 4. The summed E-state index contributed by atoms with van der Waals surface area (Å²) in [5.74, 6) is 1.02. The molecule has 3 heterocycles. The Kier molecular flexibility index (Phi) is 4.87. The van der Waals surface area contributed by atoms with E-state index in [4.69, 9.17) is 4.74 Å². The maximum atomic E-state index is 13.2. The average Bonchev–Trinajstić information content (AvgIpc) is 3.18. The predicted molar refractivity (Wildman–Crippen MR) is 122 cm³/mol. The van der Waals surface area contributed by atoms with Crippen molar-refractivity contribution >= 4 is 37.3 Å². The standard InChI is InChI=1S/C25H28N2O2S/c28-21-15-23(27-11-13-29-14-12-27)26-24-17(6-3-9-20(21)24)19-8-4-7-18-16-5-1-2-10-22(16)30-25(18)19/h1-2,4-5,7-8,10,17,20,23-24,26H,3,6,9,11-15H2. The highest BCUT2D eigenvalue weighted by Crippen LogP contribution is 2.45. The van der Waals surface area contributed by atoms with Crippen molar-refractivity contribution in [1.82, 2.24) is 10.2 Å². The second kappa shape index (κ2) is 7.72. The molecule has 3 aromatic rings. The van der Waals surface area contributed by atoms with Gasteiger partial charge in [0, 0.05) is 57.6 Å². The summed E-state index contributed by atoms with van der Waals surface area (Å²) in [6.45, 7) is 3.37. The number of piperidine rings is 1. The first-order chi connectivity index (χ1) is 14.8. The highest BCUT2D eigenvalue weighted by Gasteiger charge is 2.44. The van der Waals surface area contributed by atoms with Crippen molar-refractivity contribution < 1.29 is 9.53 Å². The van der Waals surface area contributed by atoms with Crippen LogP contribution in [0.1, 0.15) is 37.2 Å². The largest absolute Gasteiger partial charge is 0.379 e. The van der Waals surface area contributed by atoms with Crippen LogP contribution in [0.2, 0.25) is 0 Å². The number of nitrogens with one attached hydrogen (secondary N) is 1.